The predicted octanol–water partition coefficient (Wildman–Crippen LogP) is 4.45. The number of nitrogens with one attached hydrogen (secondary N) is 3. The molecule has 7 heteroatoms. The zero-order chi connectivity index (χ0) is 23.1. The van der Waals surface area contributed by atoms with Gasteiger partial charge in [-0.3, -0.25) is 0 Å². The van der Waals surface area contributed by atoms with Gasteiger partial charge in [-0.1, -0.05) is 49.1 Å². The van der Waals surface area contributed by atoms with Gasteiger partial charge in [0.05, 0.1) is 15.7 Å². The average Bonchev–Trinajstić information content (AvgIpc) is 2.73. The maximum atomic E-state index is 13.1. The fourth-order valence-corrected chi connectivity index (χ4v) is 4.25. The summed E-state index contributed by atoms with van der Waals surface area (Å²) in [4.78, 5) is 12.5. The smallest absolute Gasteiger partial charge is 0.319 e. The number of anilines is 1. The number of sulfone groups is 1. The molecule has 1 atom stereocenters. The Kier molecular flexibility index (Phi) is 8.19. The molecule has 2 rings (SSSR count). The molecule has 6 nitrogen and oxygen atoms in total. The van der Waals surface area contributed by atoms with Crippen LogP contribution in [0.1, 0.15) is 32.4 Å². The monoisotopic (exact) mass is 441 g/mol. The normalized spacial score (nSPS) is 13.0. The summed E-state index contributed by atoms with van der Waals surface area (Å²) in [7, 11) is -1.82. The van der Waals surface area contributed by atoms with E-state index in [0.717, 1.165) is 11.1 Å². The predicted molar refractivity (Wildman–Crippen MR) is 127 cm³/mol. The van der Waals surface area contributed by atoms with Crippen LogP contribution >= 0.6 is 0 Å². The molecule has 0 aliphatic heterocycles. The topological polar surface area (TPSA) is 87.3 Å². The summed E-state index contributed by atoms with van der Waals surface area (Å²) < 4.78 is 25.0. The molecule has 3 N–H and O–H groups in total. The fourth-order valence-electron chi connectivity index (χ4n) is 2.90. The first-order valence-electron chi connectivity index (χ1n) is 10.1. The maximum Gasteiger partial charge on any atom is 0.319 e. The lowest BCUT2D eigenvalue weighted by Crippen LogP contribution is -2.31. The van der Waals surface area contributed by atoms with Crippen molar-refractivity contribution >= 4 is 21.6 Å². The first kappa shape index (κ1) is 24.4. The molecule has 2 amide bonds. The Morgan fingerprint density at radius 1 is 1.10 bits per heavy atom. The van der Waals surface area contributed by atoms with E-state index in [-0.39, 0.29) is 17.0 Å². The van der Waals surface area contributed by atoms with Crippen LogP contribution in [0.15, 0.2) is 83.8 Å². The third-order valence-corrected chi connectivity index (χ3v) is 7.30. The van der Waals surface area contributed by atoms with Gasteiger partial charge < -0.3 is 16.0 Å². The van der Waals surface area contributed by atoms with Gasteiger partial charge in [-0.2, -0.15) is 0 Å². The van der Waals surface area contributed by atoms with Gasteiger partial charge in [-0.25, -0.2) is 13.2 Å². The fraction of sp³-hybridized carbons (Fsp3) is 0.292. The summed E-state index contributed by atoms with van der Waals surface area (Å²) in [5, 5.41) is 8.57. The van der Waals surface area contributed by atoms with E-state index in [1.165, 1.54) is 12.1 Å². The number of likely N-dealkylation sites (N-methyl/N-ethyl adjacent to an activating group) is 1. The number of urea groups is 1. The van der Waals surface area contributed by atoms with Crippen LogP contribution in [0.4, 0.5) is 10.5 Å². The minimum atomic E-state index is -3.63. The Labute approximate surface area is 185 Å². The number of carbonyl (C=O) groups is 1. The first-order valence-corrected chi connectivity index (χ1v) is 11.5. The number of rotatable bonds is 9. The minimum Gasteiger partial charge on any atom is -0.331 e. The Hall–Kier alpha value is -2.90. The molecule has 0 aliphatic rings. The SMILES string of the molecule is C=C(/C=C\C(C)(C)S(=O)(=O)c1ccc(NC(=O)NC(C)c2ccccc2)cc1)CNC. The maximum absolute atomic E-state index is 13.1. The number of hydrogen-bond acceptors (Lipinski definition) is 4. The second-order valence-electron chi connectivity index (χ2n) is 7.88. The summed E-state index contributed by atoms with van der Waals surface area (Å²) in [5.74, 6) is 0. The second kappa shape index (κ2) is 10.4. The van der Waals surface area contributed by atoms with Crippen molar-refractivity contribution in [2.45, 2.75) is 36.5 Å². The largest absolute Gasteiger partial charge is 0.331 e. The van der Waals surface area contributed by atoms with Crippen LogP contribution in [0.2, 0.25) is 0 Å². The molecule has 2 aromatic carbocycles. The van der Waals surface area contributed by atoms with Gasteiger partial charge in [0.15, 0.2) is 9.84 Å². The first-order chi connectivity index (χ1) is 14.6. The zero-order valence-corrected chi connectivity index (χ0v) is 19.3. The van der Waals surface area contributed by atoms with Gasteiger partial charge in [-0.05, 0) is 63.2 Å². The van der Waals surface area contributed by atoms with Crippen LogP contribution in [0.5, 0.6) is 0 Å². The molecule has 31 heavy (non-hydrogen) atoms. The Morgan fingerprint density at radius 3 is 2.29 bits per heavy atom. The van der Waals surface area contributed by atoms with E-state index in [9.17, 15) is 13.2 Å². The molecule has 0 bridgehead atoms. The van der Waals surface area contributed by atoms with Gasteiger partial charge in [-0.15, -0.1) is 0 Å². The standard InChI is InChI=1S/C24H31N3O3S/c1-18(17-25-5)15-16-24(3,4)31(29,30)22-13-11-21(12-14-22)27-23(28)26-19(2)20-9-7-6-8-10-20/h6-16,19,25H,1,17H2,2-5H3,(H2,26,27,28)/b16-15-. The van der Waals surface area contributed by atoms with Crippen molar-refractivity contribution in [1.82, 2.24) is 10.6 Å². The van der Waals surface area contributed by atoms with Gasteiger partial charge in [0.2, 0.25) is 0 Å². The van der Waals surface area contributed by atoms with Crippen molar-refractivity contribution in [1.29, 1.82) is 0 Å². The highest BCUT2D eigenvalue weighted by molar-refractivity contribution is 7.93. The van der Waals surface area contributed by atoms with Crippen LogP contribution in [-0.2, 0) is 9.84 Å². The molecule has 1 unspecified atom stereocenters. The summed E-state index contributed by atoms with van der Waals surface area (Å²) in [6.45, 7) is 9.66. The molecule has 0 aromatic heterocycles. The summed E-state index contributed by atoms with van der Waals surface area (Å²) >= 11 is 0. The van der Waals surface area contributed by atoms with E-state index in [2.05, 4.69) is 22.5 Å². The summed E-state index contributed by atoms with van der Waals surface area (Å²) in [5.41, 5.74) is 2.29. The number of hydrogen-bond donors (Lipinski definition) is 3. The molecule has 0 saturated carbocycles. The Morgan fingerprint density at radius 2 is 1.71 bits per heavy atom. The van der Waals surface area contributed by atoms with Gasteiger partial charge in [0.25, 0.3) is 0 Å². The molecular formula is C24H31N3O3S. The molecule has 2 aromatic rings. The van der Waals surface area contributed by atoms with Crippen molar-refractivity contribution in [2.75, 3.05) is 18.9 Å². The molecular weight excluding hydrogens is 410 g/mol. The van der Waals surface area contributed by atoms with E-state index in [4.69, 9.17) is 0 Å². The van der Waals surface area contributed by atoms with Gasteiger partial charge >= 0.3 is 6.03 Å². The van der Waals surface area contributed by atoms with Crippen molar-refractivity contribution in [3.63, 3.8) is 0 Å². The van der Waals surface area contributed by atoms with Crippen LogP contribution in [0.25, 0.3) is 0 Å². The van der Waals surface area contributed by atoms with Crippen molar-refractivity contribution in [3.8, 4) is 0 Å². The lowest BCUT2D eigenvalue weighted by molar-refractivity contribution is 0.249. The lowest BCUT2D eigenvalue weighted by atomic mass is 10.1. The highest BCUT2D eigenvalue weighted by Crippen LogP contribution is 2.28. The van der Waals surface area contributed by atoms with Crippen molar-refractivity contribution in [2.24, 2.45) is 0 Å². The quantitative estimate of drug-likeness (QED) is 0.502. The van der Waals surface area contributed by atoms with E-state index in [0.29, 0.717) is 12.2 Å². The van der Waals surface area contributed by atoms with Crippen LogP contribution in [-0.4, -0.2) is 32.8 Å². The zero-order valence-electron chi connectivity index (χ0n) is 18.5. The number of benzene rings is 2. The van der Waals surface area contributed by atoms with Gasteiger partial charge in [0, 0.05) is 12.2 Å². The minimum absolute atomic E-state index is 0.161. The summed E-state index contributed by atoms with van der Waals surface area (Å²) in [6, 6.07) is 15.3. The molecule has 0 fully saturated rings. The molecule has 0 saturated heterocycles. The highest BCUT2D eigenvalue weighted by atomic mass is 32.2. The van der Waals surface area contributed by atoms with E-state index >= 15 is 0 Å². The second-order valence-corrected chi connectivity index (χ2v) is 10.4. The van der Waals surface area contributed by atoms with Gasteiger partial charge in [0.1, 0.15) is 0 Å². The van der Waals surface area contributed by atoms with E-state index < -0.39 is 14.6 Å². The molecule has 0 spiro atoms. The third kappa shape index (κ3) is 6.54. The van der Waals surface area contributed by atoms with E-state index in [1.807, 2.05) is 37.3 Å². The lowest BCUT2D eigenvalue weighted by Gasteiger charge is -2.21. The van der Waals surface area contributed by atoms with Crippen LogP contribution < -0.4 is 16.0 Å². The van der Waals surface area contributed by atoms with Crippen molar-refractivity contribution in [3.05, 3.63) is 84.5 Å². The number of amides is 2. The molecule has 166 valence electrons. The van der Waals surface area contributed by atoms with Crippen molar-refractivity contribution < 1.29 is 13.2 Å². The summed E-state index contributed by atoms with van der Waals surface area (Å²) in [6.07, 6.45) is 3.37. The molecule has 0 radical (unpaired) electrons. The Bertz CT molecular complexity index is 1030. The Balaban J connectivity index is 2.06. The number of carbonyl (C=O) groups excluding carboxylic acids is 1. The average molecular weight is 442 g/mol. The third-order valence-electron chi connectivity index (χ3n) is 4.89. The van der Waals surface area contributed by atoms with E-state index in [1.54, 1.807) is 45.2 Å². The molecule has 0 heterocycles. The highest BCUT2D eigenvalue weighted by Gasteiger charge is 2.33. The van der Waals surface area contributed by atoms with Crippen LogP contribution in [0.3, 0.4) is 0 Å². The van der Waals surface area contributed by atoms with Crippen LogP contribution in [0, 0.1) is 0 Å². The molecule has 0 aliphatic carbocycles.